The van der Waals surface area contributed by atoms with E-state index in [1.54, 1.807) is 24.3 Å². The van der Waals surface area contributed by atoms with E-state index in [0.717, 1.165) is 17.7 Å². The number of hydrogen-bond donors (Lipinski definition) is 3. The smallest absolute Gasteiger partial charge is 0.257 e. The summed E-state index contributed by atoms with van der Waals surface area (Å²) in [7, 11) is 0. The minimum atomic E-state index is -2.34. The minimum Gasteiger partial charge on any atom is -0.392 e. The molecular formula is C30H29F5N2O5. The van der Waals surface area contributed by atoms with Gasteiger partial charge in [-0.25, -0.2) is 22.0 Å². The van der Waals surface area contributed by atoms with Crippen molar-refractivity contribution in [3.63, 3.8) is 0 Å². The Kier molecular flexibility index (Phi) is 9.19. The van der Waals surface area contributed by atoms with Crippen LogP contribution < -0.4 is 5.32 Å². The maximum absolute atomic E-state index is 14.0. The third-order valence-electron chi connectivity index (χ3n) is 7.47. The summed E-state index contributed by atoms with van der Waals surface area (Å²) in [5.74, 6) is -12.6. The van der Waals surface area contributed by atoms with Gasteiger partial charge in [0.2, 0.25) is 5.82 Å². The van der Waals surface area contributed by atoms with Gasteiger partial charge in [0, 0.05) is 38.2 Å². The summed E-state index contributed by atoms with van der Waals surface area (Å²) in [6.07, 6.45) is -0.379. The molecule has 2 aliphatic heterocycles. The number of rotatable bonds is 8. The van der Waals surface area contributed by atoms with E-state index in [1.165, 1.54) is 0 Å². The molecule has 2 fully saturated rings. The largest absolute Gasteiger partial charge is 0.392 e. The highest BCUT2D eigenvalue weighted by molar-refractivity contribution is 5.94. The molecule has 0 aliphatic carbocycles. The van der Waals surface area contributed by atoms with Gasteiger partial charge in [-0.1, -0.05) is 48.5 Å². The van der Waals surface area contributed by atoms with Crippen LogP contribution in [0.2, 0.25) is 0 Å². The lowest BCUT2D eigenvalue weighted by atomic mass is 9.99. The molecule has 2 aliphatic rings. The molecule has 0 aromatic heterocycles. The van der Waals surface area contributed by atoms with Gasteiger partial charge in [-0.15, -0.1) is 0 Å². The van der Waals surface area contributed by atoms with E-state index in [1.807, 2.05) is 24.3 Å². The van der Waals surface area contributed by atoms with E-state index in [4.69, 9.17) is 9.47 Å². The van der Waals surface area contributed by atoms with Crippen LogP contribution in [0.25, 0.3) is 0 Å². The molecule has 2 heterocycles. The third-order valence-corrected chi connectivity index (χ3v) is 7.47. The van der Waals surface area contributed by atoms with Gasteiger partial charge in [-0.3, -0.25) is 9.69 Å². The highest BCUT2D eigenvalue weighted by Gasteiger charge is 2.34. The zero-order valence-corrected chi connectivity index (χ0v) is 22.3. The van der Waals surface area contributed by atoms with Crippen LogP contribution in [0.4, 0.5) is 22.0 Å². The molecule has 12 heteroatoms. The Morgan fingerprint density at radius 1 is 0.857 bits per heavy atom. The zero-order chi connectivity index (χ0) is 30.0. The second-order valence-electron chi connectivity index (χ2n) is 10.4. The Balaban J connectivity index is 1.28. The van der Waals surface area contributed by atoms with Crippen LogP contribution in [0, 0.1) is 29.1 Å². The molecule has 1 amide bonds. The van der Waals surface area contributed by atoms with Gasteiger partial charge in [-0.05, 0) is 23.1 Å². The number of aliphatic hydroxyl groups is 2. The first-order valence-electron chi connectivity index (χ1n) is 13.4. The summed E-state index contributed by atoms with van der Waals surface area (Å²) < 4.78 is 80.8. The van der Waals surface area contributed by atoms with Gasteiger partial charge in [0.05, 0.1) is 24.9 Å². The lowest BCUT2D eigenvalue weighted by Crippen LogP contribution is -2.38. The Labute approximate surface area is 238 Å². The summed E-state index contributed by atoms with van der Waals surface area (Å²) >= 11 is 0. The molecule has 0 bridgehead atoms. The number of carbonyl (C=O) groups is 1. The van der Waals surface area contributed by atoms with Crippen LogP contribution in [-0.4, -0.2) is 52.9 Å². The fraction of sp³-hybridized carbons (Fsp3) is 0.367. The van der Waals surface area contributed by atoms with Crippen LogP contribution in [0.15, 0.2) is 48.5 Å². The number of amides is 1. The Hall–Kier alpha value is -3.42. The van der Waals surface area contributed by atoms with Crippen molar-refractivity contribution in [2.75, 3.05) is 19.6 Å². The highest BCUT2D eigenvalue weighted by Crippen LogP contribution is 2.38. The number of nitrogens with zero attached hydrogens (tertiary/aromatic N) is 1. The predicted octanol–water partition coefficient (Wildman–Crippen LogP) is 4.42. The SMILES string of the molecule is O=C(NCc1ccc(C2OC(CN3CCC(O)C3)CC(c3ccc(CO)cc3)O2)cc1)c1c(F)c(F)c(F)c(F)c1F. The Morgan fingerprint density at radius 3 is 2.05 bits per heavy atom. The molecule has 0 saturated carbocycles. The molecular weight excluding hydrogens is 563 g/mol. The number of benzene rings is 3. The highest BCUT2D eigenvalue weighted by atomic mass is 19.2. The summed E-state index contributed by atoms with van der Waals surface area (Å²) in [5.41, 5.74) is 1.28. The van der Waals surface area contributed by atoms with Crippen molar-refractivity contribution in [2.24, 2.45) is 0 Å². The maximum Gasteiger partial charge on any atom is 0.257 e. The van der Waals surface area contributed by atoms with E-state index in [2.05, 4.69) is 10.2 Å². The van der Waals surface area contributed by atoms with Crippen molar-refractivity contribution in [3.05, 3.63) is 105 Å². The monoisotopic (exact) mass is 592 g/mol. The van der Waals surface area contributed by atoms with E-state index in [9.17, 15) is 37.0 Å². The molecule has 224 valence electrons. The quantitative estimate of drug-likeness (QED) is 0.204. The van der Waals surface area contributed by atoms with Crippen LogP contribution >= 0.6 is 0 Å². The Bertz CT molecular complexity index is 1390. The van der Waals surface area contributed by atoms with Crippen LogP contribution in [0.3, 0.4) is 0 Å². The summed E-state index contributed by atoms with van der Waals surface area (Å²) in [5, 5.41) is 21.5. The molecule has 4 unspecified atom stereocenters. The van der Waals surface area contributed by atoms with Gasteiger partial charge < -0.3 is 25.0 Å². The number of likely N-dealkylation sites (tertiary alicyclic amines) is 1. The number of halogens is 5. The van der Waals surface area contributed by atoms with Crippen molar-refractivity contribution < 1.29 is 46.4 Å². The molecule has 2 saturated heterocycles. The van der Waals surface area contributed by atoms with Crippen LogP contribution in [-0.2, 0) is 22.6 Å². The predicted molar refractivity (Wildman–Crippen MR) is 139 cm³/mol. The first-order chi connectivity index (χ1) is 20.1. The second kappa shape index (κ2) is 12.8. The number of hydrogen-bond acceptors (Lipinski definition) is 6. The molecule has 0 radical (unpaired) electrons. The van der Waals surface area contributed by atoms with Crippen molar-refractivity contribution in [2.45, 2.75) is 50.6 Å². The second-order valence-corrected chi connectivity index (χ2v) is 10.4. The van der Waals surface area contributed by atoms with Crippen molar-refractivity contribution in [3.8, 4) is 0 Å². The van der Waals surface area contributed by atoms with E-state index in [-0.39, 0.29) is 31.5 Å². The third kappa shape index (κ3) is 6.47. The standard InChI is InChI=1S/C30H29F5N2O5/c31-24-23(25(32)27(34)28(35)26(24)33)29(40)36-12-16-1-7-19(8-2-16)30-41-21(14-37-10-9-20(39)13-37)11-22(42-30)18-5-3-17(15-38)4-6-18/h1-8,20-22,30,38-39H,9-15H2,(H,36,40). The van der Waals surface area contributed by atoms with E-state index in [0.29, 0.717) is 37.1 Å². The Morgan fingerprint density at radius 2 is 1.45 bits per heavy atom. The topological polar surface area (TPSA) is 91.3 Å². The number of β-amino-alcohol motifs (C(OH)–C–C–N with tert-alkyl or cyclic N) is 1. The van der Waals surface area contributed by atoms with Crippen LogP contribution in [0.5, 0.6) is 0 Å². The molecule has 7 nitrogen and oxygen atoms in total. The fourth-order valence-electron chi connectivity index (χ4n) is 5.17. The number of nitrogens with one attached hydrogen (secondary N) is 1. The molecule has 5 rings (SSSR count). The minimum absolute atomic E-state index is 0.0776. The van der Waals surface area contributed by atoms with Gasteiger partial charge in [0.25, 0.3) is 5.91 Å². The molecule has 3 N–H and O–H groups in total. The summed E-state index contributed by atoms with van der Waals surface area (Å²) in [6.45, 7) is 1.60. The van der Waals surface area contributed by atoms with Crippen LogP contribution in [0.1, 0.15) is 57.8 Å². The average molecular weight is 593 g/mol. The first kappa shape index (κ1) is 30.1. The number of ether oxygens (including phenoxy) is 2. The molecule has 4 atom stereocenters. The molecule has 3 aromatic rings. The van der Waals surface area contributed by atoms with Crippen molar-refractivity contribution >= 4 is 5.91 Å². The number of carbonyl (C=O) groups excluding carboxylic acids is 1. The number of aliphatic hydroxyl groups excluding tert-OH is 2. The first-order valence-corrected chi connectivity index (χ1v) is 13.4. The maximum atomic E-state index is 14.0. The molecule has 3 aromatic carbocycles. The zero-order valence-electron chi connectivity index (χ0n) is 22.3. The van der Waals surface area contributed by atoms with Gasteiger partial charge in [0.15, 0.2) is 29.6 Å². The molecule has 42 heavy (non-hydrogen) atoms. The fourth-order valence-corrected chi connectivity index (χ4v) is 5.17. The average Bonchev–Trinajstić information content (AvgIpc) is 3.42. The summed E-state index contributed by atoms with van der Waals surface area (Å²) in [6, 6.07) is 14.1. The van der Waals surface area contributed by atoms with Crippen molar-refractivity contribution in [1.29, 1.82) is 0 Å². The summed E-state index contributed by atoms with van der Waals surface area (Å²) in [4.78, 5) is 14.4. The van der Waals surface area contributed by atoms with E-state index >= 15 is 0 Å². The molecule has 0 spiro atoms. The lowest BCUT2D eigenvalue weighted by Gasteiger charge is -2.37. The van der Waals surface area contributed by atoms with E-state index < -0.39 is 46.8 Å². The van der Waals surface area contributed by atoms with Crippen molar-refractivity contribution in [1.82, 2.24) is 10.2 Å². The van der Waals surface area contributed by atoms with Gasteiger partial charge >= 0.3 is 0 Å². The normalized spacial score (nSPS) is 22.8. The van der Waals surface area contributed by atoms with Gasteiger partial charge in [-0.2, -0.15) is 0 Å². The lowest BCUT2D eigenvalue weighted by molar-refractivity contribution is -0.252. The van der Waals surface area contributed by atoms with Gasteiger partial charge in [0.1, 0.15) is 5.56 Å².